The monoisotopic (exact) mass is 300 g/mol. The lowest BCUT2D eigenvalue weighted by atomic mass is 9.90. The van der Waals surface area contributed by atoms with Crippen LogP contribution in [-0.4, -0.2) is 4.98 Å². The van der Waals surface area contributed by atoms with Crippen LogP contribution in [0.2, 0.25) is 0 Å². The molecular formula is C18H24N2S. The molecule has 1 aromatic heterocycles. The molecule has 3 rings (SSSR count). The molecule has 112 valence electrons. The van der Waals surface area contributed by atoms with Crippen LogP contribution >= 0.6 is 11.3 Å². The van der Waals surface area contributed by atoms with Gasteiger partial charge < -0.3 is 5.73 Å². The molecule has 2 N–H and O–H groups in total. The number of aryl methyl sites for hydroxylation is 3. The van der Waals surface area contributed by atoms with Crippen LogP contribution in [0, 0.1) is 20.8 Å². The lowest BCUT2D eigenvalue weighted by Gasteiger charge is -2.18. The van der Waals surface area contributed by atoms with Crippen molar-refractivity contribution in [1.29, 1.82) is 0 Å². The zero-order valence-electron chi connectivity index (χ0n) is 13.2. The van der Waals surface area contributed by atoms with Gasteiger partial charge in [-0.25, -0.2) is 4.98 Å². The van der Waals surface area contributed by atoms with Gasteiger partial charge in [-0.1, -0.05) is 37.0 Å². The maximum absolute atomic E-state index is 6.31. The number of aromatic nitrogens is 1. The van der Waals surface area contributed by atoms with Crippen molar-refractivity contribution in [3.63, 3.8) is 0 Å². The first-order chi connectivity index (χ1) is 10.1. The maximum Gasteiger partial charge on any atom is 0.114 e. The highest BCUT2D eigenvalue weighted by Gasteiger charge is 2.22. The van der Waals surface area contributed by atoms with Crippen molar-refractivity contribution in [3.8, 4) is 11.3 Å². The number of hydrogen-bond acceptors (Lipinski definition) is 3. The van der Waals surface area contributed by atoms with E-state index in [1.54, 1.807) is 11.3 Å². The molecule has 1 aliphatic carbocycles. The number of anilines is 1. The van der Waals surface area contributed by atoms with E-state index in [-0.39, 0.29) is 0 Å². The Balaban J connectivity index is 2.02. The van der Waals surface area contributed by atoms with Crippen molar-refractivity contribution >= 4 is 16.3 Å². The highest BCUT2D eigenvalue weighted by atomic mass is 32.1. The molecule has 1 aliphatic rings. The Morgan fingerprint density at radius 1 is 1.05 bits per heavy atom. The van der Waals surface area contributed by atoms with E-state index >= 15 is 0 Å². The van der Waals surface area contributed by atoms with Gasteiger partial charge in [-0.3, -0.25) is 0 Å². The third-order valence-corrected chi connectivity index (χ3v) is 5.59. The third-order valence-electron chi connectivity index (χ3n) is 4.54. The average molecular weight is 300 g/mol. The Morgan fingerprint density at radius 3 is 2.29 bits per heavy atom. The minimum Gasteiger partial charge on any atom is -0.389 e. The summed E-state index contributed by atoms with van der Waals surface area (Å²) in [6, 6.07) is 4.45. The smallest absolute Gasteiger partial charge is 0.114 e. The standard InChI is InChI=1S/C18H24N2S/c1-11-9-12(2)15(13(3)10-11)16-17(19)21-18(20-16)14-7-5-4-6-8-14/h9-10,14H,4-8,19H2,1-3H3. The number of rotatable bonds is 2. The molecule has 0 bridgehead atoms. The zero-order chi connectivity index (χ0) is 15.0. The molecule has 1 fully saturated rings. The van der Waals surface area contributed by atoms with E-state index in [9.17, 15) is 0 Å². The van der Waals surface area contributed by atoms with Gasteiger partial charge in [0.25, 0.3) is 0 Å². The van der Waals surface area contributed by atoms with Gasteiger partial charge in [0.1, 0.15) is 10.7 Å². The molecule has 0 radical (unpaired) electrons. The molecule has 3 heteroatoms. The Morgan fingerprint density at radius 2 is 1.67 bits per heavy atom. The quantitative estimate of drug-likeness (QED) is 0.810. The molecule has 2 aromatic rings. The summed E-state index contributed by atoms with van der Waals surface area (Å²) < 4.78 is 0. The van der Waals surface area contributed by atoms with E-state index in [1.807, 2.05) is 0 Å². The number of benzene rings is 1. The van der Waals surface area contributed by atoms with E-state index in [4.69, 9.17) is 10.7 Å². The fraction of sp³-hybridized carbons (Fsp3) is 0.500. The molecule has 1 heterocycles. The van der Waals surface area contributed by atoms with E-state index in [0.29, 0.717) is 5.92 Å². The number of hydrogen-bond donors (Lipinski definition) is 1. The summed E-state index contributed by atoms with van der Waals surface area (Å²) in [6.45, 7) is 6.46. The predicted octanol–water partition coefficient (Wildman–Crippen LogP) is 5.37. The number of nitrogen functional groups attached to an aromatic ring is 1. The van der Waals surface area contributed by atoms with Crippen molar-refractivity contribution in [2.24, 2.45) is 0 Å². The molecule has 2 nitrogen and oxygen atoms in total. The Bertz CT molecular complexity index is 628. The van der Waals surface area contributed by atoms with Gasteiger partial charge in [-0.05, 0) is 44.7 Å². The van der Waals surface area contributed by atoms with E-state index in [1.165, 1.54) is 59.4 Å². The summed E-state index contributed by atoms with van der Waals surface area (Å²) >= 11 is 1.70. The molecule has 0 saturated heterocycles. The van der Waals surface area contributed by atoms with Crippen LogP contribution in [0.1, 0.15) is 59.7 Å². The van der Waals surface area contributed by atoms with Crippen LogP contribution in [0.5, 0.6) is 0 Å². The minimum atomic E-state index is 0.630. The van der Waals surface area contributed by atoms with Gasteiger partial charge in [0.05, 0.1) is 5.01 Å². The van der Waals surface area contributed by atoms with E-state index in [0.717, 1.165) is 10.7 Å². The largest absolute Gasteiger partial charge is 0.389 e. The second-order valence-electron chi connectivity index (χ2n) is 6.37. The SMILES string of the molecule is Cc1cc(C)c(-c2nc(C3CCCCC3)sc2N)c(C)c1. The van der Waals surface area contributed by atoms with Crippen molar-refractivity contribution < 1.29 is 0 Å². The van der Waals surface area contributed by atoms with Crippen molar-refractivity contribution in [2.45, 2.75) is 58.8 Å². The molecule has 1 aromatic carbocycles. The van der Waals surface area contributed by atoms with E-state index < -0.39 is 0 Å². The fourth-order valence-electron chi connectivity index (χ4n) is 3.61. The summed E-state index contributed by atoms with van der Waals surface area (Å²) in [5, 5.41) is 2.13. The van der Waals surface area contributed by atoms with Gasteiger partial charge in [0.15, 0.2) is 0 Å². The molecule has 0 spiro atoms. The first-order valence-corrected chi connectivity index (χ1v) is 8.72. The summed E-state index contributed by atoms with van der Waals surface area (Å²) in [4.78, 5) is 4.95. The van der Waals surface area contributed by atoms with Crippen molar-refractivity contribution in [3.05, 3.63) is 33.8 Å². The topological polar surface area (TPSA) is 38.9 Å². The van der Waals surface area contributed by atoms with Crippen molar-refractivity contribution in [1.82, 2.24) is 4.98 Å². The van der Waals surface area contributed by atoms with Crippen LogP contribution in [0.4, 0.5) is 5.00 Å². The van der Waals surface area contributed by atoms with E-state index in [2.05, 4.69) is 32.9 Å². The fourth-order valence-corrected chi connectivity index (χ4v) is 4.61. The average Bonchev–Trinajstić information content (AvgIpc) is 2.81. The molecule has 0 unspecified atom stereocenters. The Hall–Kier alpha value is -1.35. The van der Waals surface area contributed by atoms with Gasteiger partial charge in [-0.2, -0.15) is 0 Å². The maximum atomic E-state index is 6.31. The van der Waals surface area contributed by atoms with Gasteiger partial charge in [-0.15, -0.1) is 11.3 Å². The van der Waals surface area contributed by atoms with Gasteiger partial charge >= 0.3 is 0 Å². The second-order valence-corrected chi connectivity index (χ2v) is 7.44. The lowest BCUT2D eigenvalue weighted by Crippen LogP contribution is -2.04. The lowest BCUT2D eigenvalue weighted by molar-refractivity contribution is 0.442. The molecule has 1 saturated carbocycles. The van der Waals surface area contributed by atoms with Crippen LogP contribution in [0.25, 0.3) is 11.3 Å². The van der Waals surface area contributed by atoms with Crippen molar-refractivity contribution in [2.75, 3.05) is 5.73 Å². The molecule has 0 aliphatic heterocycles. The van der Waals surface area contributed by atoms with Gasteiger partial charge in [0.2, 0.25) is 0 Å². The Labute approximate surface area is 131 Å². The summed E-state index contributed by atoms with van der Waals surface area (Å²) in [7, 11) is 0. The predicted molar refractivity (Wildman–Crippen MR) is 92.0 cm³/mol. The number of thiazole rings is 1. The Kier molecular flexibility index (Phi) is 4.03. The summed E-state index contributed by atoms with van der Waals surface area (Å²) in [5.41, 5.74) is 12.4. The number of nitrogens with two attached hydrogens (primary N) is 1. The third kappa shape index (κ3) is 2.84. The number of nitrogens with zero attached hydrogens (tertiary/aromatic N) is 1. The van der Waals surface area contributed by atoms with Crippen LogP contribution in [0.3, 0.4) is 0 Å². The first-order valence-electron chi connectivity index (χ1n) is 7.90. The normalized spacial score (nSPS) is 16.3. The molecule has 0 atom stereocenters. The minimum absolute atomic E-state index is 0.630. The highest BCUT2D eigenvalue weighted by molar-refractivity contribution is 7.16. The van der Waals surface area contributed by atoms with Crippen LogP contribution < -0.4 is 5.73 Å². The summed E-state index contributed by atoms with van der Waals surface area (Å²) in [6.07, 6.45) is 6.60. The summed E-state index contributed by atoms with van der Waals surface area (Å²) in [5.74, 6) is 0.630. The van der Waals surface area contributed by atoms with Gasteiger partial charge in [0, 0.05) is 11.5 Å². The second kappa shape index (κ2) is 5.80. The molecule has 21 heavy (non-hydrogen) atoms. The first kappa shape index (κ1) is 14.6. The highest BCUT2D eigenvalue weighted by Crippen LogP contribution is 2.41. The zero-order valence-corrected chi connectivity index (χ0v) is 14.0. The van der Waals surface area contributed by atoms with Crippen LogP contribution in [-0.2, 0) is 0 Å². The molecular weight excluding hydrogens is 276 g/mol. The van der Waals surface area contributed by atoms with Crippen LogP contribution in [0.15, 0.2) is 12.1 Å². The molecule has 0 amide bonds.